The van der Waals surface area contributed by atoms with E-state index in [1.54, 1.807) is 12.1 Å². The fourth-order valence-electron chi connectivity index (χ4n) is 3.70. The van der Waals surface area contributed by atoms with Crippen molar-refractivity contribution < 1.29 is 9.63 Å². The summed E-state index contributed by atoms with van der Waals surface area (Å²) in [6, 6.07) is 15.8. The number of hydrogen-bond donors (Lipinski definition) is 0. The average molecular weight is 384 g/mol. The average Bonchev–Trinajstić information content (AvgIpc) is 2.95. The zero-order valence-electron chi connectivity index (χ0n) is 15.5. The van der Waals surface area contributed by atoms with Gasteiger partial charge in [-0.25, -0.2) is 14.9 Å². The van der Waals surface area contributed by atoms with Gasteiger partial charge >= 0.3 is 0 Å². The highest BCUT2D eigenvalue weighted by molar-refractivity contribution is 6.31. The van der Waals surface area contributed by atoms with Gasteiger partial charge in [-0.15, -0.1) is 0 Å². The largest absolute Gasteiger partial charge is 0.338 e. The van der Waals surface area contributed by atoms with Crippen LogP contribution in [-0.4, -0.2) is 41.0 Å². The molecule has 27 heavy (non-hydrogen) atoms. The molecule has 2 aliphatic rings. The first-order chi connectivity index (χ1) is 12.9. The lowest BCUT2D eigenvalue weighted by molar-refractivity contribution is -0.170. The van der Waals surface area contributed by atoms with Crippen molar-refractivity contribution in [3.05, 3.63) is 70.2 Å². The van der Waals surface area contributed by atoms with Crippen LogP contribution in [0.15, 0.2) is 53.5 Å². The van der Waals surface area contributed by atoms with Crippen molar-refractivity contribution in [1.82, 2.24) is 9.96 Å². The molecule has 0 aliphatic carbocycles. The summed E-state index contributed by atoms with van der Waals surface area (Å²) in [5, 5.41) is 2.25. The SMILES string of the molecule is CN1OC(C)(CC(=O)N2CCc3ccccc3C2)N=C1c1cccc(Cl)c1. The van der Waals surface area contributed by atoms with Crippen LogP contribution in [0.1, 0.15) is 30.0 Å². The summed E-state index contributed by atoms with van der Waals surface area (Å²) in [7, 11) is 1.80. The van der Waals surface area contributed by atoms with E-state index in [9.17, 15) is 4.79 Å². The topological polar surface area (TPSA) is 45.1 Å². The number of amidine groups is 1. The number of amides is 1. The van der Waals surface area contributed by atoms with E-state index < -0.39 is 5.72 Å². The Labute approximate surface area is 164 Å². The quantitative estimate of drug-likeness (QED) is 0.812. The fraction of sp³-hybridized carbons (Fsp3) is 0.333. The van der Waals surface area contributed by atoms with Crippen LogP contribution in [0, 0.1) is 0 Å². The molecule has 5 nitrogen and oxygen atoms in total. The van der Waals surface area contributed by atoms with Crippen molar-refractivity contribution >= 4 is 23.3 Å². The van der Waals surface area contributed by atoms with Crippen molar-refractivity contribution in [3.8, 4) is 0 Å². The zero-order chi connectivity index (χ0) is 19.0. The van der Waals surface area contributed by atoms with Crippen LogP contribution in [0.2, 0.25) is 5.02 Å². The number of nitrogens with zero attached hydrogens (tertiary/aromatic N) is 3. The van der Waals surface area contributed by atoms with Crippen LogP contribution in [-0.2, 0) is 22.6 Å². The molecule has 1 atom stereocenters. The number of carbonyl (C=O) groups excluding carboxylic acids is 1. The van der Waals surface area contributed by atoms with E-state index in [2.05, 4.69) is 12.1 Å². The molecule has 140 valence electrons. The molecular formula is C21H22ClN3O2. The van der Waals surface area contributed by atoms with Crippen molar-refractivity contribution in [3.63, 3.8) is 0 Å². The van der Waals surface area contributed by atoms with Crippen LogP contribution in [0.3, 0.4) is 0 Å². The van der Waals surface area contributed by atoms with E-state index in [0.29, 0.717) is 17.4 Å². The van der Waals surface area contributed by atoms with Gasteiger partial charge < -0.3 is 4.90 Å². The first-order valence-electron chi connectivity index (χ1n) is 9.07. The maximum atomic E-state index is 12.9. The molecule has 2 aromatic rings. The molecular weight excluding hydrogens is 362 g/mol. The van der Waals surface area contributed by atoms with Crippen LogP contribution >= 0.6 is 11.6 Å². The Balaban J connectivity index is 1.50. The van der Waals surface area contributed by atoms with Crippen molar-refractivity contribution in [1.29, 1.82) is 0 Å². The number of benzene rings is 2. The molecule has 6 heteroatoms. The van der Waals surface area contributed by atoms with Crippen molar-refractivity contribution in [2.45, 2.75) is 32.0 Å². The van der Waals surface area contributed by atoms with E-state index in [1.165, 1.54) is 11.1 Å². The molecule has 0 saturated carbocycles. The lowest BCUT2D eigenvalue weighted by atomic mass is 9.99. The maximum absolute atomic E-state index is 12.9. The monoisotopic (exact) mass is 383 g/mol. The van der Waals surface area contributed by atoms with Crippen molar-refractivity contribution in [2.75, 3.05) is 13.6 Å². The smallest absolute Gasteiger partial charge is 0.227 e. The number of hydroxylamine groups is 2. The predicted octanol–water partition coefficient (Wildman–Crippen LogP) is 3.65. The van der Waals surface area contributed by atoms with E-state index >= 15 is 0 Å². The second kappa shape index (κ2) is 6.98. The summed E-state index contributed by atoms with van der Waals surface area (Å²) in [6.07, 6.45) is 1.08. The highest BCUT2D eigenvalue weighted by Gasteiger charge is 2.39. The Morgan fingerprint density at radius 3 is 2.78 bits per heavy atom. The maximum Gasteiger partial charge on any atom is 0.227 e. The minimum absolute atomic E-state index is 0.0523. The van der Waals surface area contributed by atoms with Gasteiger partial charge in [0.15, 0.2) is 11.6 Å². The van der Waals surface area contributed by atoms with E-state index in [4.69, 9.17) is 21.4 Å². The van der Waals surface area contributed by atoms with Crippen molar-refractivity contribution in [2.24, 2.45) is 4.99 Å². The van der Waals surface area contributed by atoms with Gasteiger partial charge in [0.2, 0.25) is 5.91 Å². The first kappa shape index (κ1) is 18.0. The van der Waals surface area contributed by atoms with Gasteiger partial charge in [0.05, 0.1) is 6.42 Å². The number of halogens is 1. The molecule has 2 aliphatic heterocycles. The van der Waals surface area contributed by atoms with Gasteiger partial charge in [0.1, 0.15) is 0 Å². The Hall–Kier alpha value is -2.37. The lowest BCUT2D eigenvalue weighted by Crippen LogP contribution is -2.40. The molecule has 4 rings (SSSR count). The summed E-state index contributed by atoms with van der Waals surface area (Å²) < 4.78 is 0. The molecule has 0 spiro atoms. The molecule has 2 heterocycles. The van der Waals surface area contributed by atoms with Crippen LogP contribution in [0.4, 0.5) is 0 Å². The predicted molar refractivity (Wildman–Crippen MR) is 105 cm³/mol. The molecule has 0 bridgehead atoms. The van der Waals surface area contributed by atoms with Gasteiger partial charge in [0, 0.05) is 30.7 Å². The lowest BCUT2D eigenvalue weighted by Gasteiger charge is -2.31. The second-order valence-corrected chi connectivity index (χ2v) is 7.66. The highest BCUT2D eigenvalue weighted by atomic mass is 35.5. The van der Waals surface area contributed by atoms with E-state index in [0.717, 1.165) is 18.5 Å². The summed E-state index contributed by atoms with van der Waals surface area (Å²) >= 11 is 6.09. The third-order valence-electron chi connectivity index (χ3n) is 5.02. The number of rotatable bonds is 3. The highest BCUT2D eigenvalue weighted by Crippen LogP contribution is 2.30. The summed E-state index contributed by atoms with van der Waals surface area (Å²) in [5.41, 5.74) is 2.49. The normalized spacial score (nSPS) is 21.8. The Kier molecular flexibility index (Phi) is 4.66. The number of carbonyl (C=O) groups is 1. The number of fused-ring (bicyclic) bond motifs is 1. The second-order valence-electron chi connectivity index (χ2n) is 7.22. The van der Waals surface area contributed by atoms with E-state index in [-0.39, 0.29) is 12.3 Å². The number of hydrogen-bond acceptors (Lipinski definition) is 4. The van der Waals surface area contributed by atoms with Gasteiger partial charge in [-0.2, -0.15) is 0 Å². The molecule has 0 radical (unpaired) electrons. The first-order valence-corrected chi connectivity index (χ1v) is 9.44. The van der Waals surface area contributed by atoms with Crippen LogP contribution in [0.25, 0.3) is 0 Å². The van der Waals surface area contributed by atoms with Gasteiger partial charge in [-0.1, -0.05) is 48.0 Å². The molecule has 0 fully saturated rings. The summed E-state index contributed by atoms with van der Waals surface area (Å²) in [6.45, 7) is 3.22. The molecule has 0 saturated heterocycles. The minimum Gasteiger partial charge on any atom is -0.338 e. The fourth-order valence-corrected chi connectivity index (χ4v) is 3.89. The Morgan fingerprint density at radius 2 is 2.00 bits per heavy atom. The van der Waals surface area contributed by atoms with Gasteiger partial charge in [-0.05, 0) is 36.6 Å². The van der Waals surface area contributed by atoms with Gasteiger partial charge in [0.25, 0.3) is 0 Å². The number of aliphatic imine (C=N–C) groups is 1. The summed E-state index contributed by atoms with van der Waals surface area (Å²) in [5.74, 6) is 0.730. The summed E-state index contributed by atoms with van der Waals surface area (Å²) in [4.78, 5) is 25.4. The standard InChI is InChI=1S/C21H22ClN3O2/c1-21(23-20(24(2)27-21)16-8-5-9-18(22)12-16)13-19(26)25-11-10-15-6-3-4-7-17(15)14-25/h3-9,12H,10-11,13-14H2,1-2H3. The third kappa shape index (κ3) is 3.70. The van der Waals surface area contributed by atoms with Gasteiger partial charge in [-0.3, -0.25) is 4.79 Å². The third-order valence-corrected chi connectivity index (χ3v) is 5.25. The van der Waals surface area contributed by atoms with Crippen LogP contribution in [0.5, 0.6) is 0 Å². The molecule has 1 unspecified atom stereocenters. The molecule has 1 amide bonds. The minimum atomic E-state index is -0.916. The van der Waals surface area contributed by atoms with Crippen LogP contribution < -0.4 is 0 Å². The zero-order valence-corrected chi connectivity index (χ0v) is 16.2. The molecule has 0 N–H and O–H groups in total. The Bertz CT molecular complexity index is 914. The molecule has 2 aromatic carbocycles. The molecule has 0 aromatic heterocycles. The Morgan fingerprint density at radius 1 is 1.22 bits per heavy atom. The van der Waals surface area contributed by atoms with E-state index in [1.807, 2.05) is 48.2 Å².